The van der Waals surface area contributed by atoms with Crippen LogP contribution in [-0.4, -0.2) is 8.75 Å². The summed E-state index contributed by atoms with van der Waals surface area (Å²) < 4.78 is 8.02. The fourth-order valence-electron chi connectivity index (χ4n) is 1.20. The van der Waals surface area contributed by atoms with Crippen molar-refractivity contribution in [3.8, 4) is 11.3 Å². The molecule has 0 saturated heterocycles. The molecule has 2 rings (SSSR count). The summed E-state index contributed by atoms with van der Waals surface area (Å²) in [6, 6.07) is 5.74. The second-order valence-corrected chi connectivity index (χ2v) is 3.92. The number of nitrogens with zero attached hydrogens (tertiary/aromatic N) is 2. The van der Waals surface area contributed by atoms with Gasteiger partial charge in [0.1, 0.15) is 5.69 Å². The molecule has 1 heterocycles. The van der Waals surface area contributed by atoms with Gasteiger partial charge in [0.2, 0.25) is 0 Å². The van der Waals surface area contributed by atoms with E-state index in [2.05, 4.69) is 8.75 Å². The lowest BCUT2D eigenvalue weighted by atomic mass is 10.1. The molecule has 0 aliphatic rings. The summed E-state index contributed by atoms with van der Waals surface area (Å²) in [4.78, 5) is 0. The van der Waals surface area contributed by atoms with Crippen molar-refractivity contribution in [3.05, 3.63) is 28.8 Å². The Kier molecular flexibility index (Phi) is 2.39. The van der Waals surface area contributed by atoms with Gasteiger partial charge in [-0.3, -0.25) is 0 Å². The number of nitrogens with two attached hydrogens (primary N) is 1. The first-order chi connectivity index (χ1) is 6.68. The summed E-state index contributed by atoms with van der Waals surface area (Å²) >= 11 is 7.13. The molecule has 0 aliphatic carbocycles. The van der Waals surface area contributed by atoms with Gasteiger partial charge in [-0.1, -0.05) is 23.2 Å². The number of aromatic nitrogens is 2. The van der Waals surface area contributed by atoms with E-state index in [1.54, 1.807) is 0 Å². The van der Waals surface area contributed by atoms with Crippen LogP contribution >= 0.6 is 23.3 Å². The average molecular weight is 226 g/mol. The fraction of sp³-hybridized carbons (Fsp3) is 0.111. The Morgan fingerprint density at radius 3 is 2.79 bits per heavy atom. The molecule has 0 unspecified atom stereocenters. The predicted octanol–water partition coefficient (Wildman–Crippen LogP) is 2.75. The molecule has 1 aromatic heterocycles. The summed E-state index contributed by atoms with van der Waals surface area (Å²) in [6.07, 6.45) is 0. The number of nitrogen functional groups attached to an aromatic ring is 1. The average Bonchev–Trinajstić information content (AvgIpc) is 2.56. The Balaban J connectivity index is 2.62. The Bertz CT molecular complexity index is 467. The molecular formula is C9H8ClN3S. The van der Waals surface area contributed by atoms with Gasteiger partial charge < -0.3 is 5.73 Å². The third-order valence-corrected chi connectivity index (χ3v) is 2.76. The molecule has 0 spiro atoms. The topological polar surface area (TPSA) is 51.8 Å². The van der Waals surface area contributed by atoms with Crippen LogP contribution in [0.3, 0.4) is 0 Å². The molecule has 0 bridgehead atoms. The number of aryl methyl sites for hydroxylation is 1. The zero-order valence-electron chi connectivity index (χ0n) is 7.49. The number of hydrogen-bond acceptors (Lipinski definition) is 4. The van der Waals surface area contributed by atoms with Crippen molar-refractivity contribution >= 4 is 29.1 Å². The van der Waals surface area contributed by atoms with Crippen molar-refractivity contribution < 1.29 is 0 Å². The van der Waals surface area contributed by atoms with E-state index >= 15 is 0 Å². The van der Waals surface area contributed by atoms with Crippen molar-refractivity contribution in [3.63, 3.8) is 0 Å². The minimum absolute atomic E-state index is 0.433. The highest BCUT2D eigenvalue weighted by Crippen LogP contribution is 2.30. The lowest BCUT2D eigenvalue weighted by molar-refractivity contribution is 1.43. The van der Waals surface area contributed by atoms with E-state index in [-0.39, 0.29) is 0 Å². The second-order valence-electron chi connectivity index (χ2n) is 2.98. The molecule has 5 heteroatoms. The van der Waals surface area contributed by atoms with E-state index in [9.17, 15) is 0 Å². The highest BCUT2D eigenvalue weighted by Gasteiger charge is 2.10. The van der Waals surface area contributed by atoms with Crippen LogP contribution in [0.4, 0.5) is 5.82 Å². The molecule has 0 radical (unpaired) electrons. The van der Waals surface area contributed by atoms with Crippen molar-refractivity contribution in [1.82, 2.24) is 8.75 Å². The van der Waals surface area contributed by atoms with Crippen LogP contribution < -0.4 is 5.73 Å². The summed E-state index contributed by atoms with van der Waals surface area (Å²) in [5, 5.41) is 0.648. The first-order valence-corrected chi connectivity index (χ1v) is 5.14. The first kappa shape index (κ1) is 9.43. The summed E-state index contributed by atoms with van der Waals surface area (Å²) in [5.74, 6) is 0.433. The van der Waals surface area contributed by atoms with E-state index in [4.69, 9.17) is 17.3 Å². The van der Waals surface area contributed by atoms with Gasteiger partial charge >= 0.3 is 0 Å². The van der Waals surface area contributed by atoms with Crippen molar-refractivity contribution in [1.29, 1.82) is 0 Å². The quantitative estimate of drug-likeness (QED) is 0.812. The maximum atomic E-state index is 6.04. The van der Waals surface area contributed by atoms with E-state index in [1.807, 2.05) is 25.1 Å². The van der Waals surface area contributed by atoms with Gasteiger partial charge in [0.05, 0.1) is 16.8 Å². The van der Waals surface area contributed by atoms with Crippen LogP contribution in [0.25, 0.3) is 11.3 Å². The summed E-state index contributed by atoms with van der Waals surface area (Å²) in [6.45, 7) is 2.00. The molecule has 0 saturated carbocycles. The third kappa shape index (κ3) is 1.58. The second kappa shape index (κ2) is 3.55. The smallest absolute Gasteiger partial charge is 0.165 e. The minimum atomic E-state index is 0.433. The van der Waals surface area contributed by atoms with Crippen LogP contribution in [0.2, 0.25) is 5.02 Å². The molecule has 14 heavy (non-hydrogen) atoms. The zero-order chi connectivity index (χ0) is 10.1. The molecule has 1 aromatic carbocycles. The Labute approximate surface area is 90.9 Å². The first-order valence-electron chi connectivity index (χ1n) is 4.03. The fourth-order valence-corrected chi connectivity index (χ4v) is 1.90. The third-order valence-electron chi connectivity index (χ3n) is 1.89. The largest absolute Gasteiger partial charge is 0.381 e. The highest BCUT2D eigenvalue weighted by atomic mass is 35.5. The van der Waals surface area contributed by atoms with Gasteiger partial charge in [-0.25, -0.2) is 0 Å². The summed E-state index contributed by atoms with van der Waals surface area (Å²) in [7, 11) is 0. The van der Waals surface area contributed by atoms with E-state index in [0.717, 1.165) is 22.9 Å². The van der Waals surface area contributed by atoms with Crippen molar-refractivity contribution in [2.75, 3.05) is 5.73 Å². The summed E-state index contributed by atoms with van der Waals surface area (Å²) in [5.41, 5.74) is 8.31. The van der Waals surface area contributed by atoms with Gasteiger partial charge in [-0.15, -0.1) is 0 Å². The molecular weight excluding hydrogens is 218 g/mol. The molecule has 72 valence electrons. The number of rotatable bonds is 1. The number of benzene rings is 1. The zero-order valence-corrected chi connectivity index (χ0v) is 9.06. The van der Waals surface area contributed by atoms with Gasteiger partial charge in [-0.05, 0) is 19.1 Å². The van der Waals surface area contributed by atoms with Crippen LogP contribution in [0, 0.1) is 6.92 Å². The molecule has 2 aromatic rings. The molecule has 0 fully saturated rings. The van der Waals surface area contributed by atoms with Crippen LogP contribution in [-0.2, 0) is 0 Å². The van der Waals surface area contributed by atoms with Crippen molar-refractivity contribution in [2.24, 2.45) is 0 Å². The molecule has 0 amide bonds. The maximum Gasteiger partial charge on any atom is 0.165 e. The molecule has 2 N–H and O–H groups in total. The number of halogens is 1. The minimum Gasteiger partial charge on any atom is -0.381 e. The van der Waals surface area contributed by atoms with E-state index in [1.165, 1.54) is 0 Å². The van der Waals surface area contributed by atoms with Crippen LogP contribution in [0.15, 0.2) is 18.2 Å². The van der Waals surface area contributed by atoms with Crippen molar-refractivity contribution in [2.45, 2.75) is 6.92 Å². The molecule has 0 aliphatic heterocycles. The normalized spacial score (nSPS) is 10.4. The van der Waals surface area contributed by atoms with Gasteiger partial charge in [-0.2, -0.15) is 8.75 Å². The monoisotopic (exact) mass is 225 g/mol. The Morgan fingerprint density at radius 1 is 1.36 bits per heavy atom. The molecule has 3 nitrogen and oxygen atoms in total. The maximum absolute atomic E-state index is 6.04. The Hall–Kier alpha value is -1.13. The standard InChI is InChI=1S/C9H8ClN3S/c1-5-2-3-7(10)6(4-5)8-9(11)13-14-12-8/h2-4H,1H3,(H2,11,13). The van der Waals surface area contributed by atoms with E-state index < -0.39 is 0 Å². The Morgan fingerprint density at radius 2 is 2.14 bits per heavy atom. The van der Waals surface area contributed by atoms with E-state index in [0.29, 0.717) is 16.5 Å². The molecule has 0 atom stereocenters. The lowest BCUT2D eigenvalue weighted by Crippen LogP contribution is -1.89. The lowest BCUT2D eigenvalue weighted by Gasteiger charge is -2.02. The van der Waals surface area contributed by atoms with Gasteiger partial charge in [0.25, 0.3) is 0 Å². The number of hydrogen-bond donors (Lipinski definition) is 1. The van der Waals surface area contributed by atoms with Crippen LogP contribution in [0.5, 0.6) is 0 Å². The highest BCUT2D eigenvalue weighted by molar-refractivity contribution is 6.99. The van der Waals surface area contributed by atoms with Crippen LogP contribution in [0.1, 0.15) is 5.56 Å². The predicted molar refractivity (Wildman–Crippen MR) is 59.5 cm³/mol. The van der Waals surface area contributed by atoms with Gasteiger partial charge in [0.15, 0.2) is 5.82 Å². The number of anilines is 1. The van der Waals surface area contributed by atoms with Gasteiger partial charge in [0, 0.05) is 5.56 Å². The SMILES string of the molecule is Cc1ccc(Cl)c(-c2nsnc2N)c1.